The van der Waals surface area contributed by atoms with E-state index < -0.39 is 0 Å². The Morgan fingerprint density at radius 3 is 2.32 bits per heavy atom. The molecule has 0 spiro atoms. The van der Waals surface area contributed by atoms with Gasteiger partial charge in [0, 0.05) is 25.2 Å². The number of rotatable bonds is 7. The van der Waals surface area contributed by atoms with Crippen molar-refractivity contribution in [1.29, 1.82) is 0 Å². The molecule has 1 aromatic carbocycles. The number of piperidine rings is 1. The van der Waals surface area contributed by atoms with E-state index in [-0.39, 0.29) is 11.9 Å². The molecule has 1 heterocycles. The molecule has 0 aromatic heterocycles. The van der Waals surface area contributed by atoms with Gasteiger partial charge in [0.1, 0.15) is 0 Å². The molecule has 1 aliphatic heterocycles. The molecule has 1 aromatic rings. The summed E-state index contributed by atoms with van der Waals surface area (Å²) in [4.78, 5) is 18.7. The number of hydrogen-bond donors (Lipinski definition) is 1. The third-order valence-corrected chi connectivity index (χ3v) is 4.85. The van der Waals surface area contributed by atoms with Crippen LogP contribution in [0.2, 0.25) is 0 Å². The molecule has 1 saturated heterocycles. The zero-order chi connectivity index (χ0) is 20.5. The summed E-state index contributed by atoms with van der Waals surface area (Å²) in [6.45, 7) is 4.75. The Kier molecular flexibility index (Phi) is 8.22. The number of ether oxygens (including phenoxy) is 4. The molecule has 0 radical (unpaired) electrons. The van der Waals surface area contributed by atoms with Crippen molar-refractivity contribution in [2.45, 2.75) is 26.3 Å². The fraction of sp³-hybridized carbons (Fsp3) is 0.600. The van der Waals surface area contributed by atoms with Gasteiger partial charge in [-0.2, -0.15) is 0 Å². The number of aliphatic imine (C=N–C) groups is 1. The Bertz CT molecular complexity index is 685. The van der Waals surface area contributed by atoms with Crippen LogP contribution >= 0.6 is 0 Å². The number of benzene rings is 1. The molecular formula is C20H31N3O5. The molecule has 0 bridgehead atoms. The van der Waals surface area contributed by atoms with Crippen molar-refractivity contribution >= 4 is 11.9 Å². The highest BCUT2D eigenvalue weighted by Crippen LogP contribution is 2.40. The van der Waals surface area contributed by atoms with E-state index in [1.54, 1.807) is 21.3 Å². The predicted octanol–water partition coefficient (Wildman–Crippen LogP) is 2.06. The van der Waals surface area contributed by atoms with Gasteiger partial charge in [-0.3, -0.25) is 4.79 Å². The highest BCUT2D eigenvalue weighted by Gasteiger charge is 2.27. The fourth-order valence-electron chi connectivity index (χ4n) is 3.37. The lowest BCUT2D eigenvalue weighted by Crippen LogP contribution is -2.46. The first kappa shape index (κ1) is 21.7. The van der Waals surface area contributed by atoms with Gasteiger partial charge in [0.25, 0.3) is 0 Å². The summed E-state index contributed by atoms with van der Waals surface area (Å²) in [5.74, 6) is 2.45. The smallest absolute Gasteiger partial charge is 0.308 e. The Morgan fingerprint density at radius 1 is 1.11 bits per heavy atom. The summed E-state index contributed by atoms with van der Waals surface area (Å²) >= 11 is 0. The van der Waals surface area contributed by atoms with E-state index in [4.69, 9.17) is 23.9 Å². The van der Waals surface area contributed by atoms with Crippen LogP contribution in [0, 0.1) is 5.92 Å². The summed E-state index contributed by atoms with van der Waals surface area (Å²) in [6.07, 6.45) is 1.52. The number of methoxy groups -OCH3 is 4. The van der Waals surface area contributed by atoms with Crippen LogP contribution in [0.5, 0.6) is 17.2 Å². The van der Waals surface area contributed by atoms with Crippen LogP contribution in [0.3, 0.4) is 0 Å². The number of carbonyl (C=O) groups excluding carboxylic acids is 1. The van der Waals surface area contributed by atoms with Crippen LogP contribution in [0.1, 0.15) is 25.3 Å². The summed E-state index contributed by atoms with van der Waals surface area (Å²) < 4.78 is 21.2. The second kappa shape index (κ2) is 10.6. The molecule has 0 unspecified atom stereocenters. The molecule has 0 saturated carbocycles. The minimum atomic E-state index is -0.128. The monoisotopic (exact) mass is 393 g/mol. The lowest BCUT2D eigenvalue weighted by molar-refractivity contribution is -0.146. The second-order valence-electron chi connectivity index (χ2n) is 6.45. The molecule has 8 nitrogen and oxygen atoms in total. The van der Waals surface area contributed by atoms with Gasteiger partial charge in [0.05, 0.1) is 40.9 Å². The van der Waals surface area contributed by atoms with Gasteiger partial charge in [-0.15, -0.1) is 0 Å². The van der Waals surface area contributed by atoms with Crippen LogP contribution in [0.25, 0.3) is 0 Å². The normalized spacial score (nSPS) is 15.2. The van der Waals surface area contributed by atoms with Crippen molar-refractivity contribution in [3.8, 4) is 17.2 Å². The second-order valence-corrected chi connectivity index (χ2v) is 6.45. The summed E-state index contributed by atoms with van der Waals surface area (Å²) in [7, 11) is 6.23. The molecule has 1 N–H and O–H groups in total. The van der Waals surface area contributed by atoms with Gasteiger partial charge in [-0.05, 0) is 31.9 Å². The maximum Gasteiger partial charge on any atom is 0.308 e. The van der Waals surface area contributed by atoms with E-state index in [1.807, 2.05) is 19.1 Å². The third kappa shape index (κ3) is 4.99. The van der Waals surface area contributed by atoms with Crippen molar-refractivity contribution < 1.29 is 23.7 Å². The molecule has 28 heavy (non-hydrogen) atoms. The number of hydrogen-bond acceptors (Lipinski definition) is 6. The third-order valence-electron chi connectivity index (χ3n) is 4.85. The lowest BCUT2D eigenvalue weighted by atomic mass is 9.97. The number of carbonyl (C=O) groups is 1. The van der Waals surface area contributed by atoms with E-state index in [1.165, 1.54) is 7.11 Å². The van der Waals surface area contributed by atoms with Crippen LogP contribution in [-0.2, 0) is 16.1 Å². The van der Waals surface area contributed by atoms with Crippen molar-refractivity contribution in [1.82, 2.24) is 10.2 Å². The SMILES string of the molecule is CCNC(=NCc1ccc(OC)c(OC)c1OC)N1CCC(C(=O)OC)CC1. The van der Waals surface area contributed by atoms with Crippen LogP contribution in [0.4, 0.5) is 0 Å². The first-order valence-corrected chi connectivity index (χ1v) is 9.48. The van der Waals surface area contributed by atoms with Crippen molar-refractivity contribution in [3.05, 3.63) is 17.7 Å². The fourth-order valence-corrected chi connectivity index (χ4v) is 3.37. The number of esters is 1. The highest BCUT2D eigenvalue weighted by atomic mass is 16.5. The Balaban J connectivity index is 2.16. The maximum absolute atomic E-state index is 11.7. The molecule has 0 amide bonds. The zero-order valence-corrected chi connectivity index (χ0v) is 17.4. The summed E-state index contributed by atoms with van der Waals surface area (Å²) in [6, 6.07) is 3.78. The number of nitrogens with zero attached hydrogens (tertiary/aromatic N) is 2. The Hall–Kier alpha value is -2.64. The van der Waals surface area contributed by atoms with E-state index in [2.05, 4.69) is 10.2 Å². The number of nitrogens with one attached hydrogen (secondary N) is 1. The van der Waals surface area contributed by atoms with Gasteiger partial charge in [0.2, 0.25) is 5.75 Å². The standard InChI is InChI=1S/C20H31N3O5/c1-6-21-20(23-11-9-14(10-12-23)19(24)28-5)22-13-15-7-8-16(25-2)18(27-4)17(15)26-3/h7-8,14H,6,9-13H2,1-5H3,(H,21,22). The lowest BCUT2D eigenvalue weighted by Gasteiger charge is -2.33. The van der Waals surface area contributed by atoms with Gasteiger partial charge in [-0.25, -0.2) is 4.99 Å². The minimum absolute atomic E-state index is 0.0323. The van der Waals surface area contributed by atoms with Crippen molar-refractivity contribution in [2.24, 2.45) is 10.9 Å². The van der Waals surface area contributed by atoms with Crippen LogP contribution < -0.4 is 19.5 Å². The average molecular weight is 393 g/mol. The van der Waals surface area contributed by atoms with E-state index in [9.17, 15) is 4.79 Å². The molecular weight excluding hydrogens is 362 g/mol. The van der Waals surface area contributed by atoms with Crippen LogP contribution in [-0.4, -0.2) is 64.9 Å². The molecule has 156 valence electrons. The van der Waals surface area contributed by atoms with E-state index in [0.717, 1.165) is 44.0 Å². The van der Waals surface area contributed by atoms with Gasteiger partial charge in [0.15, 0.2) is 17.5 Å². The topological polar surface area (TPSA) is 81.6 Å². The zero-order valence-electron chi connectivity index (χ0n) is 17.4. The molecule has 0 aliphatic carbocycles. The number of guanidine groups is 1. The first-order valence-electron chi connectivity index (χ1n) is 9.48. The molecule has 1 fully saturated rings. The van der Waals surface area contributed by atoms with Crippen LogP contribution in [0.15, 0.2) is 17.1 Å². The van der Waals surface area contributed by atoms with Gasteiger partial charge < -0.3 is 29.2 Å². The molecule has 1 aliphatic rings. The first-order chi connectivity index (χ1) is 13.6. The average Bonchev–Trinajstić information content (AvgIpc) is 2.75. The van der Waals surface area contributed by atoms with Crippen molar-refractivity contribution in [2.75, 3.05) is 48.1 Å². The van der Waals surface area contributed by atoms with E-state index >= 15 is 0 Å². The maximum atomic E-state index is 11.7. The molecule has 8 heteroatoms. The summed E-state index contributed by atoms with van der Waals surface area (Å²) in [5, 5.41) is 3.33. The minimum Gasteiger partial charge on any atom is -0.493 e. The largest absolute Gasteiger partial charge is 0.493 e. The van der Waals surface area contributed by atoms with E-state index in [0.29, 0.717) is 23.8 Å². The molecule has 0 atom stereocenters. The summed E-state index contributed by atoms with van der Waals surface area (Å²) in [5.41, 5.74) is 0.903. The van der Waals surface area contributed by atoms with Crippen molar-refractivity contribution in [3.63, 3.8) is 0 Å². The highest BCUT2D eigenvalue weighted by molar-refractivity contribution is 5.80. The Labute approximate surface area is 166 Å². The van der Waals surface area contributed by atoms with Gasteiger partial charge >= 0.3 is 5.97 Å². The predicted molar refractivity (Wildman–Crippen MR) is 107 cm³/mol. The quantitative estimate of drug-likeness (QED) is 0.431. The Morgan fingerprint density at radius 2 is 1.79 bits per heavy atom. The molecule has 2 rings (SSSR count). The van der Waals surface area contributed by atoms with Gasteiger partial charge in [-0.1, -0.05) is 0 Å². The number of likely N-dealkylation sites (tertiary alicyclic amines) is 1.